The van der Waals surface area contributed by atoms with Gasteiger partial charge < -0.3 is 19.6 Å². The zero-order valence-corrected chi connectivity index (χ0v) is 12.3. The largest absolute Gasteiger partial charge is 0.496 e. The third-order valence-electron chi connectivity index (χ3n) is 3.64. The first kappa shape index (κ1) is 15.8. The molecule has 1 aromatic carbocycles. The smallest absolute Gasteiger partial charge is 0.394 e. The Morgan fingerprint density at radius 2 is 1.68 bits per heavy atom. The minimum Gasteiger partial charge on any atom is -0.496 e. The van der Waals surface area contributed by atoms with Gasteiger partial charge in [0, 0.05) is 31.7 Å². The quantitative estimate of drug-likeness (QED) is 0.794. The average Bonchev–Trinajstić information content (AvgIpc) is 2.54. The maximum atomic E-state index is 12.3. The Morgan fingerprint density at radius 3 is 2.27 bits per heavy atom. The molecule has 2 rings (SSSR count). The molecule has 7 nitrogen and oxygen atoms in total. The van der Waals surface area contributed by atoms with Gasteiger partial charge in [-0.05, 0) is 6.07 Å². The number of carbonyl (C=O) groups excluding carboxylic acids is 2. The van der Waals surface area contributed by atoms with Crippen LogP contribution >= 0.6 is 0 Å². The van der Waals surface area contributed by atoms with Gasteiger partial charge in [0.2, 0.25) is 5.91 Å². The van der Waals surface area contributed by atoms with Gasteiger partial charge in [-0.2, -0.15) is 0 Å². The highest BCUT2D eigenvalue weighted by molar-refractivity contribution is 6.31. The Balaban J connectivity index is 1.93. The van der Waals surface area contributed by atoms with E-state index in [1.54, 1.807) is 18.1 Å². The lowest BCUT2D eigenvalue weighted by molar-refractivity contribution is -0.157. The van der Waals surface area contributed by atoms with E-state index in [2.05, 4.69) is 0 Å². The predicted octanol–water partition coefficient (Wildman–Crippen LogP) is -0.00690. The summed E-state index contributed by atoms with van der Waals surface area (Å²) in [5, 5.41) is 8.68. The van der Waals surface area contributed by atoms with Gasteiger partial charge in [-0.15, -0.1) is 0 Å². The van der Waals surface area contributed by atoms with Crippen LogP contribution in [0, 0.1) is 0 Å². The van der Waals surface area contributed by atoms with E-state index >= 15 is 0 Å². The van der Waals surface area contributed by atoms with Crippen LogP contribution in [0.25, 0.3) is 0 Å². The molecule has 0 aromatic heterocycles. The summed E-state index contributed by atoms with van der Waals surface area (Å²) in [5.74, 6) is -1.78. The number of para-hydroxylation sites is 1. The Labute approximate surface area is 128 Å². The minimum absolute atomic E-state index is 0.0630. The number of hydrogen-bond donors (Lipinski definition) is 1. The lowest BCUT2D eigenvalue weighted by Gasteiger charge is -2.34. The van der Waals surface area contributed by atoms with Crippen molar-refractivity contribution in [3.63, 3.8) is 0 Å². The topological polar surface area (TPSA) is 87.2 Å². The van der Waals surface area contributed by atoms with Crippen molar-refractivity contribution >= 4 is 17.8 Å². The number of rotatable bonds is 3. The zero-order valence-electron chi connectivity index (χ0n) is 12.3. The minimum atomic E-state index is -1.46. The van der Waals surface area contributed by atoms with Crippen LogP contribution in [0.2, 0.25) is 0 Å². The molecule has 1 aliphatic heterocycles. The first-order valence-corrected chi connectivity index (χ1v) is 6.94. The van der Waals surface area contributed by atoms with E-state index in [9.17, 15) is 14.4 Å². The van der Waals surface area contributed by atoms with Crippen molar-refractivity contribution in [2.75, 3.05) is 33.3 Å². The van der Waals surface area contributed by atoms with Crippen LogP contribution < -0.4 is 4.74 Å². The number of aliphatic carboxylic acids is 1. The molecular weight excluding hydrogens is 288 g/mol. The third-order valence-corrected chi connectivity index (χ3v) is 3.64. The number of carbonyl (C=O) groups is 3. The van der Waals surface area contributed by atoms with Gasteiger partial charge in [-0.3, -0.25) is 9.59 Å². The molecule has 1 aliphatic rings. The van der Waals surface area contributed by atoms with Crippen LogP contribution in [-0.2, 0) is 20.8 Å². The number of carboxylic acid groups (broad SMARTS) is 1. The summed E-state index contributed by atoms with van der Waals surface area (Å²) in [6.07, 6.45) is 0.219. The van der Waals surface area contributed by atoms with Crippen molar-refractivity contribution in [1.82, 2.24) is 9.80 Å². The summed E-state index contributed by atoms with van der Waals surface area (Å²) in [6, 6.07) is 7.31. The van der Waals surface area contributed by atoms with Crippen molar-refractivity contribution in [2.45, 2.75) is 6.42 Å². The molecule has 22 heavy (non-hydrogen) atoms. The molecule has 0 aliphatic carbocycles. The van der Waals surface area contributed by atoms with E-state index in [4.69, 9.17) is 9.84 Å². The van der Waals surface area contributed by atoms with E-state index < -0.39 is 11.9 Å². The summed E-state index contributed by atoms with van der Waals surface area (Å²) in [7, 11) is 1.56. The lowest BCUT2D eigenvalue weighted by atomic mass is 10.1. The number of hydrogen-bond acceptors (Lipinski definition) is 4. The molecule has 7 heteroatoms. The summed E-state index contributed by atoms with van der Waals surface area (Å²) in [4.78, 5) is 37.2. The molecule has 0 atom stereocenters. The molecule has 118 valence electrons. The maximum absolute atomic E-state index is 12.3. The Morgan fingerprint density at radius 1 is 1.09 bits per heavy atom. The van der Waals surface area contributed by atoms with Crippen molar-refractivity contribution in [3.8, 4) is 5.75 Å². The van der Waals surface area contributed by atoms with Gasteiger partial charge >= 0.3 is 11.9 Å². The van der Waals surface area contributed by atoms with Gasteiger partial charge in [0.15, 0.2) is 0 Å². The van der Waals surface area contributed by atoms with Crippen molar-refractivity contribution in [2.24, 2.45) is 0 Å². The van der Waals surface area contributed by atoms with Crippen LogP contribution in [0.15, 0.2) is 24.3 Å². The van der Waals surface area contributed by atoms with E-state index in [1.807, 2.05) is 18.2 Å². The molecule has 1 saturated heterocycles. The summed E-state index contributed by atoms with van der Waals surface area (Å²) < 4.78 is 5.22. The van der Waals surface area contributed by atoms with Gasteiger partial charge in [0.1, 0.15) is 5.75 Å². The number of ether oxygens (including phenoxy) is 1. The SMILES string of the molecule is COc1ccccc1CC(=O)N1CCN(C(=O)C(=O)O)CC1. The highest BCUT2D eigenvalue weighted by atomic mass is 16.5. The normalized spacial score (nSPS) is 14.6. The number of nitrogens with zero attached hydrogens (tertiary/aromatic N) is 2. The monoisotopic (exact) mass is 306 g/mol. The van der Waals surface area contributed by atoms with Gasteiger partial charge in [-0.25, -0.2) is 4.79 Å². The van der Waals surface area contributed by atoms with Crippen molar-refractivity contribution < 1.29 is 24.2 Å². The number of carboxylic acids is 1. The second-order valence-electron chi connectivity index (χ2n) is 4.97. The first-order chi connectivity index (χ1) is 10.5. The average molecular weight is 306 g/mol. The van der Waals surface area contributed by atoms with E-state index in [1.165, 1.54) is 4.90 Å². The molecule has 1 fully saturated rings. The zero-order chi connectivity index (χ0) is 16.1. The highest BCUT2D eigenvalue weighted by Gasteiger charge is 2.27. The molecule has 1 heterocycles. The van der Waals surface area contributed by atoms with Gasteiger partial charge in [0.05, 0.1) is 13.5 Å². The fourth-order valence-corrected chi connectivity index (χ4v) is 2.42. The highest BCUT2D eigenvalue weighted by Crippen LogP contribution is 2.18. The van der Waals surface area contributed by atoms with E-state index in [0.717, 1.165) is 5.56 Å². The molecule has 0 spiro atoms. The standard InChI is InChI=1S/C15H18N2O5/c1-22-12-5-3-2-4-11(12)10-13(18)16-6-8-17(9-7-16)14(19)15(20)21/h2-5H,6-10H2,1H3,(H,20,21). The third kappa shape index (κ3) is 3.55. The maximum Gasteiger partial charge on any atom is 0.394 e. The fourth-order valence-electron chi connectivity index (χ4n) is 2.42. The fraction of sp³-hybridized carbons (Fsp3) is 0.400. The number of piperazine rings is 1. The predicted molar refractivity (Wildman–Crippen MR) is 77.5 cm³/mol. The van der Waals surface area contributed by atoms with Crippen LogP contribution in [-0.4, -0.2) is 66.0 Å². The molecular formula is C15H18N2O5. The summed E-state index contributed by atoms with van der Waals surface area (Å²) in [5.41, 5.74) is 0.805. The second kappa shape index (κ2) is 6.93. The van der Waals surface area contributed by atoms with Gasteiger partial charge in [0.25, 0.3) is 0 Å². The number of amides is 2. The van der Waals surface area contributed by atoms with Crippen LogP contribution in [0.5, 0.6) is 5.75 Å². The Bertz CT molecular complexity index is 579. The van der Waals surface area contributed by atoms with Crippen LogP contribution in [0.4, 0.5) is 0 Å². The van der Waals surface area contributed by atoms with E-state index in [-0.39, 0.29) is 25.4 Å². The van der Waals surface area contributed by atoms with Crippen molar-refractivity contribution in [3.05, 3.63) is 29.8 Å². The first-order valence-electron chi connectivity index (χ1n) is 6.94. The van der Waals surface area contributed by atoms with Crippen LogP contribution in [0.3, 0.4) is 0 Å². The summed E-state index contributed by atoms with van der Waals surface area (Å²) in [6.45, 7) is 1.16. The van der Waals surface area contributed by atoms with Gasteiger partial charge in [-0.1, -0.05) is 18.2 Å². The number of methoxy groups -OCH3 is 1. The second-order valence-corrected chi connectivity index (χ2v) is 4.97. The van der Waals surface area contributed by atoms with Crippen molar-refractivity contribution in [1.29, 1.82) is 0 Å². The summed E-state index contributed by atoms with van der Waals surface area (Å²) >= 11 is 0. The molecule has 2 amide bonds. The number of benzene rings is 1. The molecule has 0 unspecified atom stereocenters. The Hall–Kier alpha value is -2.57. The van der Waals surface area contributed by atoms with Crippen LogP contribution in [0.1, 0.15) is 5.56 Å². The molecule has 1 N–H and O–H groups in total. The lowest BCUT2D eigenvalue weighted by Crippen LogP contribution is -2.52. The molecule has 1 aromatic rings. The van der Waals surface area contributed by atoms with E-state index in [0.29, 0.717) is 18.8 Å². The molecule has 0 saturated carbocycles. The molecule has 0 bridgehead atoms. The Kier molecular flexibility index (Phi) is 4.98. The molecule has 0 radical (unpaired) electrons.